The fourth-order valence-electron chi connectivity index (χ4n) is 8.40. The van der Waals surface area contributed by atoms with Gasteiger partial charge in [-0.25, -0.2) is 0 Å². The van der Waals surface area contributed by atoms with Crippen LogP contribution in [0.5, 0.6) is 0 Å². The van der Waals surface area contributed by atoms with E-state index in [1.807, 2.05) is 0 Å². The van der Waals surface area contributed by atoms with Crippen LogP contribution in [-0.4, -0.2) is 4.57 Å². The van der Waals surface area contributed by atoms with E-state index in [2.05, 4.69) is 156 Å². The highest BCUT2D eigenvalue weighted by atomic mass is 15.0. The summed E-state index contributed by atoms with van der Waals surface area (Å²) in [6.07, 6.45) is 0. The number of hydrogen-bond acceptors (Lipinski definition) is 0. The van der Waals surface area contributed by atoms with Crippen LogP contribution in [0.1, 0.15) is 0 Å². The predicted molar refractivity (Wildman–Crippen MR) is 190 cm³/mol. The topological polar surface area (TPSA) is 4.93 Å². The molecule has 2 aliphatic carbocycles. The molecule has 0 amide bonds. The van der Waals surface area contributed by atoms with Crippen LogP contribution in [-0.2, 0) is 0 Å². The average Bonchev–Trinajstić information content (AvgIpc) is 3.72. The van der Waals surface area contributed by atoms with E-state index in [4.69, 9.17) is 0 Å². The maximum Gasteiger partial charge on any atom is 0.0547 e. The highest BCUT2D eigenvalue weighted by Gasteiger charge is 2.25. The summed E-state index contributed by atoms with van der Waals surface area (Å²) >= 11 is 0. The quantitative estimate of drug-likeness (QED) is 0.196. The van der Waals surface area contributed by atoms with Crippen molar-refractivity contribution in [3.63, 3.8) is 0 Å². The number of hydrogen-bond donors (Lipinski definition) is 0. The summed E-state index contributed by atoms with van der Waals surface area (Å²) in [4.78, 5) is 0. The Balaban J connectivity index is 1.16. The lowest BCUT2D eigenvalue weighted by molar-refractivity contribution is 1.18. The fraction of sp³-hybridized carbons (Fsp3) is 0. The van der Waals surface area contributed by atoms with E-state index >= 15 is 0 Å². The first-order chi connectivity index (χ1) is 22.3. The predicted octanol–water partition coefficient (Wildman–Crippen LogP) is 12.1. The SMILES string of the molecule is c1cc(-c2ccc3c4c(cccc24)-c2ccccc2-3)cc(-n2c3ccccc3c3cc4c(cc32)-c2cccc3cccc-4c23)c1. The third-order valence-corrected chi connectivity index (χ3v) is 10.3. The van der Waals surface area contributed by atoms with Crippen molar-refractivity contribution < 1.29 is 0 Å². The van der Waals surface area contributed by atoms with Gasteiger partial charge < -0.3 is 4.57 Å². The molecule has 1 heteroatoms. The Labute approximate surface area is 260 Å². The maximum absolute atomic E-state index is 2.47. The summed E-state index contributed by atoms with van der Waals surface area (Å²) in [6, 6.07) is 56.4. The van der Waals surface area contributed by atoms with Gasteiger partial charge in [0, 0.05) is 16.5 Å². The van der Waals surface area contributed by atoms with Crippen LogP contribution < -0.4 is 0 Å². The highest BCUT2D eigenvalue weighted by molar-refractivity contribution is 6.21. The molecular weight excluding hydrogens is 542 g/mol. The molecule has 1 nitrogen and oxygen atoms in total. The van der Waals surface area contributed by atoms with Gasteiger partial charge in [-0.15, -0.1) is 0 Å². The van der Waals surface area contributed by atoms with Gasteiger partial charge in [0.1, 0.15) is 0 Å². The smallest absolute Gasteiger partial charge is 0.0547 e. The number of nitrogens with zero attached hydrogens (tertiary/aromatic N) is 1. The van der Waals surface area contributed by atoms with Crippen molar-refractivity contribution in [2.45, 2.75) is 0 Å². The van der Waals surface area contributed by atoms with Crippen LogP contribution in [0.15, 0.2) is 152 Å². The molecule has 11 rings (SSSR count). The zero-order chi connectivity index (χ0) is 29.2. The van der Waals surface area contributed by atoms with Crippen molar-refractivity contribution in [1.29, 1.82) is 0 Å². The molecule has 0 saturated carbocycles. The van der Waals surface area contributed by atoms with Crippen LogP contribution in [0.2, 0.25) is 0 Å². The van der Waals surface area contributed by atoms with Crippen LogP contribution in [0.4, 0.5) is 0 Å². The first kappa shape index (κ1) is 23.5. The minimum absolute atomic E-state index is 1.18. The summed E-state index contributed by atoms with van der Waals surface area (Å²) < 4.78 is 2.47. The minimum Gasteiger partial charge on any atom is -0.309 e. The number of benzene rings is 8. The van der Waals surface area contributed by atoms with Crippen molar-refractivity contribution in [1.82, 2.24) is 4.57 Å². The molecule has 206 valence electrons. The van der Waals surface area contributed by atoms with Gasteiger partial charge in [0.05, 0.1) is 11.0 Å². The highest BCUT2D eigenvalue weighted by Crippen LogP contribution is 2.51. The molecule has 0 aliphatic heterocycles. The number of para-hydroxylation sites is 1. The van der Waals surface area contributed by atoms with E-state index in [1.165, 1.54) is 105 Å². The van der Waals surface area contributed by atoms with Gasteiger partial charge in [0.15, 0.2) is 0 Å². The van der Waals surface area contributed by atoms with Crippen LogP contribution >= 0.6 is 0 Å². The van der Waals surface area contributed by atoms with Gasteiger partial charge in [0.2, 0.25) is 0 Å². The standard InChI is InChI=1S/C44H25N/c1-2-14-31-30(13-1)34-19-8-18-33-29(21-22-37(31)44(33)34)27-11-5-12-28(23-27)45-41-20-4-3-15-32(41)40-24-38-35-16-6-9-26-10-7-17-36(43(26)35)39(38)25-42(40)45/h1-25H. The molecule has 1 heterocycles. The van der Waals surface area contributed by atoms with Gasteiger partial charge in [-0.05, 0) is 108 Å². The molecule has 8 aromatic carbocycles. The van der Waals surface area contributed by atoms with Gasteiger partial charge in [-0.2, -0.15) is 0 Å². The number of fused-ring (bicyclic) bond motifs is 9. The summed E-state index contributed by atoms with van der Waals surface area (Å²) in [6.45, 7) is 0. The second-order valence-corrected chi connectivity index (χ2v) is 12.5. The van der Waals surface area contributed by atoms with E-state index in [0.717, 1.165) is 0 Å². The second kappa shape index (κ2) is 8.37. The Bertz CT molecular complexity index is 2720. The Morgan fingerprint density at radius 1 is 0.311 bits per heavy atom. The van der Waals surface area contributed by atoms with Crippen molar-refractivity contribution in [2.24, 2.45) is 0 Å². The van der Waals surface area contributed by atoms with Crippen LogP contribution in [0, 0.1) is 0 Å². The molecule has 0 radical (unpaired) electrons. The van der Waals surface area contributed by atoms with Crippen LogP contribution in [0.3, 0.4) is 0 Å². The van der Waals surface area contributed by atoms with Crippen molar-refractivity contribution in [3.8, 4) is 61.3 Å². The molecule has 2 aliphatic rings. The Morgan fingerprint density at radius 3 is 1.73 bits per heavy atom. The van der Waals surface area contributed by atoms with Gasteiger partial charge in [-0.1, -0.05) is 121 Å². The van der Waals surface area contributed by atoms with E-state index in [0.29, 0.717) is 0 Å². The van der Waals surface area contributed by atoms with Gasteiger partial charge >= 0.3 is 0 Å². The molecule has 0 fully saturated rings. The Morgan fingerprint density at radius 2 is 0.911 bits per heavy atom. The molecule has 9 aromatic rings. The van der Waals surface area contributed by atoms with Crippen molar-refractivity contribution in [2.75, 3.05) is 0 Å². The third kappa shape index (κ3) is 2.98. The number of aromatic nitrogens is 1. The first-order valence-corrected chi connectivity index (χ1v) is 15.7. The largest absolute Gasteiger partial charge is 0.309 e. The zero-order valence-electron chi connectivity index (χ0n) is 24.4. The molecule has 0 unspecified atom stereocenters. The van der Waals surface area contributed by atoms with Crippen molar-refractivity contribution in [3.05, 3.63) is 152 Å². The van der Waals surface area contributed by atoms with E-state index in [9.17, 15) is 0 Å². The maximum atomic E-state index is 2.47. The molecule has 0 atom stereocenters. The second-order valence-electron chi connectivity index (χ2n) is 12.5. The van der Waals surface area contributed by atoms with Gasteiger partial charge in [-0.3, -0.25) is 0 Å². The molecule has 45 heavy (non-hydrogen) atoms. The van der Waals surface area contributed by atoms with Gasteiger partial charge in [0.25, 0.3) is 0 Å². The average molecular weight is 568 g/mol. The number of rotatable bonds is 2. The monoisotopic (exact) mass is 567 g/mol. The van der Waals surface area contributed by atoms with Crippen LogP contribution in [0.25, 0.3) is 105 Å². The normalized spacial score (nSPS) is 12.4. The fourth-order valence-corrected chi connectivity index (χ4v) is 8.40. The summed E-state index contributed by atoms with van der Waals surface area (Å²) in [5.74, 6) is 0. The molecular formula is C44H25N. The summed E-state index contributed by atoms with van der Waals surface area (Å²) in [5.41, 5.74) is 16.8. The lowest BCUT2D eigenvalue weighted by atomic mass is 9.94. The molecule has 0 spiro atoms. The Hall–Kier alpha value is -5.92. The molecule has 0 saturated heterocycles. The summed E-state index contributed by atoms with van der Waals surface area (Å²) in [5, 5.41) is 7.93. The lowest BCUT2D eigenvalue weighted by Gasteiger charge is -2.13. The lowest BCUT2D eigenvalue weighted by Crippen LogP contribution is -1.95. The third-order valence-electron chi connectivity index (χ3n) is 10.3. The molecule has 0 bridgehead atoms. The van der Waals surface area contributed by atoms with E-state index < -0.39 is 0 Å². The van der Waals surface area contributed by atoms with Crippen molar-refractivity contribution >= 4 is 43.4 Å². The Kier molecular flexibility index (Phi) is 4.38. The zero-order valence-corrected chi connectivity index (χ0v) is 24.4. The van der Waals surface area contributed by atoms with E-state index in [1.54, 1.807) is 0 Å². The minimum atomic E-state index is 1.18. The summed E-state index contributed by atoms with van der Waals surface area (Å²) in [7, 11) is 0. The van der Waals surface area contributed by atoms with E-state index in [-0.39, 0.29) is 0 Å². The first-order valence-electron chi connectivity index (χ1n) is 15.7. The molecule has 0 N–H and O–H groups in total. The molecule has 1 aromatic heterocycles.